The first-order valence-electron chi connectivity index (χ1n) is 15.8. The van der Waals surface area contributed by atoms with E-state index in [1.807, 2.05) is 0 Å². The van der Waals surface area contributed by atoms with Crippen molar-refractivity contribution < 1.29 is 38.4 Å². The average molecular weight is 587 g/mol. The van der Waals surface area contributed by atoms with Crippen molar-refractivity contribution in [2.75, 3.05) is 0 Å². The summed E-state index contributed by atoms with van der Waals surface area (Å²) in [6.45, 7) is -6.20. The molecule has 222 valence electrons. The van der Waals surface area contributed by atoms with E-state index in [0.29, 0.717) is 10.2 Å². The summed E-state index contributed by atoms with van der Waals surface area (Å²) >= 11 is 0. The molecule has 3 aromatic rings. The van der Waals surface area contributed by atoms with Crippen LogP contribution in [0.3, 0.4) is 0 Å². The van der Waals surface area contributed by atoms with E-state index in [1.54, 1.807) is 6.07 Å². The van der Waals surface area contributed by atoms with Gasteiger partial charge in [0.15, 0.2) is 5.65 Å². The summed E-state index contributed by atoms with van der Waals surface area (Å²) in [5.74, 6) is -5.04. The van der Waals surface area contributed by atoms with Gasteiger partial charge in [0.2, 0.25) is 11.8 Å². The fourth-order valence-electron chi connectivity index (χ4n) is 5.24. The van der Waals surface area contributed by atoms with Gasteiger partial charge >= 0.3 is 6.18 Å². The van der Waals surface area contributed by atoms with Crippen molar-refractivity contribution >= 4 is 17.5 Å². The Bertz CT molecular complexity index is 1580. The van der Waals surface area contributed by atoms with Gasteiger partial charge in [-0.1, -0.05) is 0 Å². The van der Waals surface area contributed by atoms with Crippen molar-refractivity contribution in [2.24, 2.45) is 11.8 Å². The molecular formula is C27H32F5N7O2. The van der Waals surface area contributed by atoms with Crippen LogP contribution in [0.15, 0.2) is 30.7 Å². The number of amides is 2. The van der Waals surface area contributed by atoms with Gasteiger partial charge in [-0.25, -0.2) is 18.3 Å². The third-order valence-corrected chi connectivity index (χ3v) is 7.58. The molecule has 3 heterocycles. The minimum atomic E-state index is -4.47. The van der Waals surface area contributed by atoms with Crippen LogP contribution in [0.2, 0.25) is 0 Å². The Morgan fingerprint density at radius 1 is 1.15 bits per heavy atom. The number of fused-ring (bicyclic) bond motifs is 1. The van der Waals surface area contributed by atoms with Crippen molar-refractivity contribution in [3.63, 3.8) is 0 Å². The molecule has 2 atom stereocenters. The van der Waals surface area contributed by atoms with Crippen LogP contribution in [0.4, 0.5) is 22.0 Å². The summed E-state index contributed by atoms with van der Waals surface area (Å²) in [5.41, 5.74) is 0.633. The standard InChI is InChI=1S/C27H32F5N7O2/c1-2-38-20(8-12-33-38)25(41)37-24(17-5-9-26(28,29)10-6-17)19-15-39-21(35-19)13-18(14-34-39)23(16-3-4-16)36-22(40)7-11-27(30,31)32/h8,12-17,23-24H,2-7,9-11H2,1H3,(H,36,40)(H,37,41)/t23-,24+/m1/s1/i1D3,2D2. The maximum absolute atomic E-state index is 14.1. The molecule has 0 radical (unpaired) electrons. The van der Waals surface area contributed by atoms with Crippen LogP contribution in [0.5, 0.6) is 0 Å². The number of alkyl halides is 5. The monoisotopic (exact) mass is 586 g/mol. The van der Waals surface area contributed by atoms with Crippen LogP contribution in [0.1, 0.15) is 98.9 Å². The quantitative estimate of drug-likeness (QED) is 0.320. The number of rotatable bonds is 10. The summed E-state index contributed by atoms with van der Waals surface area (Å²) in [7, 11) is 0. The third kappa shape index (κ3) is 7.02. The number of carbonyl (C=O) groups excluding carboxylic acids is 2. The normalized spacial score (nSPS) is 21.6. The van der Waals surface area contributed by atoms with E-state index < -0.39 is 86.6 Å². The Kier molecular flexibility index (Phi) is 6.38. The molecule has 0 saturated heterocycles. The minimum Gasteiger partial charge on any atom is -0.349 e. The fourth-order valence-corrected chi connectivity index (χ4v) is 5.24. The van der Waals surface area contributed by atoms with Crippen molar-refractivity contribution in [2.45, 2.75) is 88.9 Å². The predicted octanol–water partition coefficient (Wildman–Crippen LogP) is 5.15. The van der Waals surface area contributed by atoms with Gasteiger partial charge in [-0.05, 0) is 62.1 Å². The van der Waals surface area contributed by atoms with Crippen molar-refractivity contribution in [1.82, 2.24) is 35.0 Å². The predicted molar refractivity (Wildman–Crippen MR) is 137 cm³/mol. The van der Waals surface area contributed by atoms with E-state index in [9.17, 15) is 31.5 Å². The highest BCUT2D eigenvalue weighted by atomic mass is 19.4. The minimum absolute atomic E-state index is 0.00500. The molecule has 2 N–H and O–H groups in total. The lowest BCUT2D eigenvalue weighted by molar-refractivity contribution is -0.144. The zero-order valence-electron chi connectivity index (χ0n) is 26.8. The molecular weight excluding hydrogens is 549 g/mol. The summed E-state index contributed by atoms with van der Waals surface area (Å²) in [6, 6.07) is 1.20. The molecule has 2 aliphatic rings. The lowest BCUT2D eigenvalue weighted by Crippen LogP contribution is -2.38. The number of aryl methyl sites for hydroxylation is 1. The second-order valence-corrected chi connectivity index (χ2v) is 10.6. The summed E-state index contributed by atoms with van der Waals surface area (Å²) in [6.07, 6.45) is -1.74. The smallest absolute Gasteiger partial charge is 0.349 e. The zero-order chi connectivity index (χ0) is 33.7. The van der Waals surface area contributed by atoms with Gasteiger partial charge in [-0.15, -0.1) is 0 Å². The van der Waals surface area contributed by atoms with Crippen molar-refractivity contribution in [1.29, 1.82) is 0 Å². The van der Waals surface area contributed by atoms with Crippen LogP contribution in [-0.2, 0) is 11.3 Å². The van der Waals surface area contributed by atoms with Gasteiger partial charge in [0.25, 0.3) is 5.91 Å². The average Bonchev–Trinajstić information content (AvgIpc) is 3.50. The maximum atomic E-state index is 14.1. The second-order valence-electron chi connectivity index (χ2n) is 10.6. The SMILES string of the molecule is [2H]C([2H])([2H])C([2H])([2H])n1nccc1C(=O)N[C@H](c1cn2ncc([C@H](NC(=O)CCC(F)(F)F)C3CC3)cc2n1)C1CCC(F)(F)CC1. The summed E-state index contributed by atoms with van der Waals surface area (Å²) < 4.78 is 107. The van der Waals surface area contributed by atoms with Crippen LogP contribution in [0, 0.1) is 11.8 Å². The first-order chi connectivity index (χ1) is 21.3. The van der Waals surface area contributed by atoms with Gasteiger partial charge in [-0.3, -0.25) is 14.3 Å². The molecule has 2 amide bonds. The first kappa shape index (κ1) is 23.0. The Labute approximate surface area is 239 Å². The number of nitrogens with zero attached hydrogens (tertiary/aromatic N) is 5. The summed E-state index contributed by atoms with van der Waals surface area (Å²) in [4.78, 5) is 30.4. The molecule has 14 heteroatoms. The van der Waals surface area contributed by atoms with E-state index in [-0.39, 0.29) is 30.1 Å². The number of nitrogens with one attached hydrogen (secondary N) is 2. The van der Waals surface area contributed by atoms with Crippen LogP contribution < -0.4 is 10.6 Å². The van der Waals surface area contributed by atoms with Gasteiger partial charge in [0.1, 0.15) is 5.69 Å². The van der Waals surface area contributed by atoms with Gasteiger partial charge in [0, 0.05) is 36.1 Å². The van der Waals surface area contributed by atoms with E-state index in [4.69, 9.17) is 6.85 Å². The van der Waals surface area contributed by atoms with Crippen molar-refractivity contribution in [3.8, 4) is 0 Å². The lowest BCUT2D eigenvalue weighted by atomic mass is 9.81. The Hall–Kier alpha value is -3.58. The number of hydrogen-bond acceptors (Lipinski definition) is 5. The molecule has 0 bridgehead atoms. The highest BCUT2D eigenvalue weighted by Gasteiger charge is 2.40. The number of hydrogen-bond donors (Lipinski definition) is 2. The van der Waals surface area contributed by atoms with E-state index in [1.165, 1.54) is 16.9 Å². The molecule has 41 heavy (non-hydrogen) atoms. The number of carbonyl (C=O) groups is 2. The lowest BCUT2D eigenvalue weighted by Gasteiger charge is -2.33. The largest absolute Gasteiger partial charge is 0.389 e. The number of aromatic nitrogens is 5. The fraction of sp³-hybridized carbons (Fsp3) is 0.593. The molecule has 2 aliphatic carbocycles. The highest BCUT2D eigenvalue weighted by molar-refractivity contribution is 5.92. The Balaban J connectivity index is 1.43. The second kappa shape index (κ2) is 11.4. The Morgan fingerprint density at radius 3 is 2.56 bits per heavy atom. The van der Waals surface area contributed by atoms with Crippen LogP contribution in [-0.4, -0.2) is 48.3 Å². The third-order valence-electron chi connectivity index (χ3n) is 7.58. The van der Waals surface area contributed by atoms with E-state index in [0.717, 1.165) is 25.1 Å². The van der Waals surface area contributed by atoms with E-state index >= 15 is 0 Å². The first-order valence-corrected chi connectivity index (χ1v) is 13.3. The zero-order valence-corrected chi connectivity index (χ0v) is 21.8. The van der Waals surface area contributed by atoms with Crippen LogP contribution in [0.25, 0.3) is 5.65 Å². The number of halogens is 5. The molecule has 0 unspecified atom stereocenters. The number of imidazole rings is 1. The molecule has 0 aliphatic heterocycles. The maximum Gasteiger partial charge on any atom is 0.389 e. The van der Waals surface area contributed by atoms with E-state index in [2.05, 4.69) is 25.8 Å². The molecule has 0 aromatic carbocycles. The van der Waals surface area contributed by atoms with Crippen LogP contribution >= 0.6 is 0 Å². The van der Waals surface area contributed by atoms with Gasteiger partial charge in [0.05, 0.1) is 39.3 Å². The molecule has 9 nitrogen and oxygen atoms in total. The molecule has 2 saturated carbocycles. The summed E-state index contributed by atoms with van der Waals surface area (Å²) in [5, 5.41) is 13.5. The molecule has 2 fully saturated rings. The molecule has 5 rings (SSSR count). The highest BCUT2D eigenvalue weighted by Crippen LogP contribution is 2.43. The van der Waals surface area contributed by atoms with Gasteiger partial charge in [-0.2, -0.15) is 23.4 Å². The molecule has 0 spiro atoms. The molecule has 3 aromatic heterocycles. The van der Waals surface area contributed by atoms with Gasteiger partial charge < -0.3 is 10.6 Å². The topological polar surface area (TPSA) is 106 Å². The van der Waals surface area contributed by atoms with Crippen molar-refractivity contribution in [3.05, 3.63) is 47.7 Å². The Morgan fingerprint density at radius 2 is 1.88 bits per heavy atom.